The molecule has 0 N–H and O–H groups in total. The van der Waals surface area contributed by atoms with Crippen LogP contribution in [0.5, 0.6) is 0 Å². The Bertz CT molecular complexity index is 3130. The molecule has 0 aliphatic heterocycles. The van der Waals surface area contributed by atoms with E-state index in [0.29, 0.717) is 0 Å². The third-order valence-corrected chi connectivity index (χ3v) is 11.8. The van der Waals surface area contributed by atoms with E-state index in [1.54, 1.807) is 0 Å². The minimum atomic E-state index is -0.123. The average molecular weight is 704 g/mol. The van der Waals surface area contributed by atoms with Gasteiger partial charge < -0.3 is 9.32 Å². The number of hydrogen-bond acceptors (Lipinski definition) is 2. The second-order valence-electron chi connectivity index (χ2n) is 15.3. The standard InChI is InChI=1S/C53H37NO/c1-53(2)47-20-10-7-18-43(47)44-30-29-40(33-48(44)53)54(49-21-11-8-16-41(49)38-24-23-34-13-3-4-14-36(34)31-38)39-27-25-35(26-28-39)51-42-17-6-5-15-37(42)32-46-45-19-9-12-22-50(45)55-52(46)51/h3-33H,1-2H3. The van der Waals surface area contributed by atoms with Crippen LogP contribution in [0.1, 0.15) is 25.0 Å². The van der Waals surface area contributed by atoms with Crippen LogP contribution in [0.3, 0.4) is 0 Å². The summed E-state index contributed by atoms with van der Waals surface area (Å²) >= 11 is 0. The third-order valence-electron chi connectivity index (χ3n) is 11.8. The molecule has 0 atom stereocenters. The van der Waals surface area contributed by atoms with Gasteiger partial charge in [-0.3, -0.25) is 0 Å². The molecule has 0 unspecified atom stereocenters. The number of para-hydroxylation sites is 2. The molecular formula is C53H37NO. The lowest BCUT2D eigenvalue weighted by Gasteiger charge is -2.30. The van der Waals surface area contributed by atoms with Gasteiger partial charge in [-0.25, -0.2) is 0 Å². The summed E-state index contributed by atoms with van der Waals surface area (Å²) in [6.07, 6.45) is 0. The smallest absolute Gasteiger partial charge is 0.143 e. The monoisotopic (exact) mass is 703 g/mol. The van der Waals surface area contributed by atoms with Crippen molar-refractivity contribution in [3.05, 3.63) is 199 Å². The summed E-state index contributed by atoms with van der Waals surface area (Å²) in [6, 6.07) is 68.5. The van der Waals surface area contributed by atoms with Crippen LogP contribution in [0.4, 0.5) is 17.1 Å². The van der Waals surface area contributed by atoms with Crippen molar-refractivity contribution in [2.24, 2.45) is 0 Å². The first-order chi connectivity index (χ1) is 27.0. The molecule has 11 rings (SSSR count). The summed E-state index contributed by atoms with van der Waals surface area (Å²) in [5, 5.41) is 7.13. The molecule has 1 aromatic heterocycles. The number of hydrogen-bond donors (Lipinski definition) is 0. The maximum absolute atomic E-state index is 6.64. The van der Waals surface area contributed by atoms with Gasteiger partial charge in [-0.1, -0.05) is 153 Å². The fourth-order valence-electron chi connectivity index (χ4n) is 9.11. The molecule has 10 aromatic rings. The Hall–Kier alpha value is -6.90. The van der Waals surface area contributed by atoms with Crippen LogP contribution in [0.25, 0.3) is 76.9 Å². The maximum Gasteiger partial charge on any atom is 0.143 e. The van der Waals surface area contributed by atoms with E-state index in [0.717, 1.165) is 50.1 Å². The van der Waals surface area contributed by atoms with Gasteiger partial charge in [-0.2, -0.15) is 0 Å². The fraction of sp³-hybridized carbons (Fsp3) is 0.0566. The van der Waals surface area contributed by atoms with Crippen molar-refractivity contribution in [3.8, 4) is 33.4 Å². The Balaban J connectivity index is 1.12. The van der Waals surface area contributed by atoms with Crippen molar-refractivity contribution >= 4 is 60.5 Å². The van der Waals surface area contributed by atoms with Gasteiger partial charge in [0.2, 0.25) is 0 Å². The molecule has 2 heteroatoms. The molecule has 0 fully saturated rings. The summed E-state index contributed by atoms with van der Waals surface area (Å²) in [6.45, 7) is 4.71. The SMILES string of the molecule is CC1(C)c2ccccc2-c2ccc(N(c3ccc(-c4c5ccccc5cc5c4oc4ccccc45)cc3)c3ccccc3-c3ccc4ccccc4c3)cc21. The molecule has 55 heavy (non-hydrogen) atoms. The first-order valence-electron chi connectivity index (χ1n) is 19.1. The van der Waals surface area contributed by atoms with Crippen LogP contribution in [0.15, 0.2) is 192 Å². The van der Waals surface area contributed by atoms with E-state index < -0.39 is 0 Å². The highest BCUT2D eigenvalue weighted by atomic mass is 16.3. The number of rotatable bonds is 5. The predicted molar refractivity (Wildman–Crippen MR) is 232 cm³/mol. The molecule has 0 radical (unpaired) electrons. The summed E-state index contributed by atoms with van der Waals surface area (Å²) in [5.41, 5.74) is 15.0. The van der Waals surface area contributed by atoms with Gasteiger partial charge in [0.1, 0.15) is 11.2 Å². The van der Waals surface area contributed by atoms with Gasteiger partial charge in [-0.05, 0) is 103 Å². The van der Waals surface area contributed by atoms with Crippen molar-refractivity contribution in [3.63, 3.8) is 0 Å². The zero-order chi connectivity index (χ0) is 36.7. The molecule has 0 bridgehead atoms. The Kier molecular flexibility index (Phi) is 6.93. The van der Waals surface area contributed by atoms with Crippen molar-refractivity contribution in [1.29, 1.82) is 0 Å². The highest BCUT2D eigenvalue weighted by molar-refractivity contribution is 6.18. The first kappa shape index (κ1) is 31.6. The van der Waals surface area contributed by atoms with E-state index in [9.17, 15) is 0 Å². The maximum atomic E-state index is 6.64. The summed E-state index contributed by atoms with van der Waals surface area (Å²) in [5.74, 6) is 0. The molecule has 1 aliphatic rings. The second kappa shape index (κ2) is 12.1. The molecule has 1 aliphatic carbocycles. The van der Waals surface area contributed by atoms with Crippen molar-refractivity contribution < 1.29 is 4.42 Å². The molecule has 0 saturated carbocycles. The molecule has 1 heterocycles. The van der Waals surface area contributed by atoms with E-state index in [2.05, 4.69) is 201 Å². The van der Waals surface area contributed by atoms with Crippen LogP contribution in [0, 0.1) is 0 Å². The van der Waals surface area contributed by atoms with Crippen molar-refractivity contribution in [1.82, 2.24) is 0 Å². The van der Waals surface area contributed by atoms with Crippen molar-refractivity contribution in [2.45, 2.75) is 19.3 Å². The zero-order valence-electron chi connectivity index (χ0n) is 30.8. The van der Waals surface area contributed by atoms with E-state index in [-0.39, 0.29) is 5.41 Å². The number of nitrogens with zero attached hydrogens (tertiary/aromatic N) is 1. The lowest BCUT2D eigenvalue weighted by atomic mass is 9.82. The van der Waals surface area contributed by atoms with E-state index in [1.165, 1.54) is 54.9 Å². The number of fused-ring (bicyclic) bond motifs is 8. The van der Waals surface area contributed by atoms with Gasteiger partial charge in [-0.15, -0.1) is 0 Å². The summed E-state index contributed by atoms with van der Waals surface area (Å²) in [4.78, 5) is 2.44. The molecule has 0 amide bonds. The van der Waals surface area contributed by atoms with Crippen LogP contribution < -0.4 is 4.90 Å². The molecule has 260 valence electrons. The van der Waals surface area contributed by atoms with Gasteiger partial charge >= 0.3 is 0 Å². The van der Waals surface area contributed by atoms with Gasteiger partial charge in [0.25, 0.3) is 0 Å². The zero-order valence-corrected chi connectivity index (χ0v) is 30.8. The Morgan fingerprint density at radius 2 is 1.05 bits per heavy atom. The van der Waals surface area contributed by atoms with Crippen LogP contribution in [-0.2, 0) is 5.41 Å². The molecule has 2 nitrogen and oxygen atoms in total. The normalized spacial score (nSPS) is 13.1. The molecule has 0 saturated heterocycles. The largest absolute Gasteiger partial charge is 0.455 e. The second-order valence-corrected chi connectivity index (χ2v) is 15.3. The quantitative estimate of drug-likeness (QED) is 0.177. The predicted octanol–water partition coefficient (Wildman–Crippen LogP) is 15.0. The number of furan rings is 1. The van der Waals surface area contributed by atoms with Gasteiger partial charge in [0.15, 0.2) is 0 Å². The third kappa shape index (κ3) is 4.88. The Morgan fingerprint density at radius 1 is 0.418 bits per heavy atom. The number of benzene rings is 9. The lowest BCUT2D eigenvalue weighted by Crippen LogP contribution is -2.16. The molecule has 9 aromatic carbocycles. The molecule has 0 spiro atoms. The highest BCUT2D eigenvalue weighted by Gasteiger charge is 2.36. The average Bonchev–Trinajstić information content (AvgIpc) is 3.71. The van der Waals surface area contributed by atoms with Crippen molar-refractivity contribution in [2.75, 3.05) is 4.90 Å². The topological polar surface area (TPSA) is 16.4 Å². The lowest BCUT2D eigenvalue weighted by molar-refractivity contribution is 0.660. The highest BCUT2D eigenvalue weighted by Crippen LogP contribution is 2.51. The minimum Gasteiger partial charge on any atom is -0.455 e. The summed E-state index contributed by atoms with van der Waals surface area (Å²) in [7, 11) is 0. The Morgan fingerprint density at radius 3 is 1.91 bits per heavy atom. The van der Waals surface area contributed by atoms with Gasteiger partial charge in [0.05, 0.1) is 5.69 Å². The van der Waals surface area contributed by atoms with Crippen LogP contribution >= 0.6 is 0 Å². The Labute approximate surface area is 320 Å². The molecular weight excluding hydrogens is 667 g/mol. The van der Waals surface area contributed by atoms with E-state index in [4.69, 9.17) is 4.42 Å². The minimum absolute atomic E-state index is 0.123. The van der Waals surface area contributed by atoms with Crippen LogP contribution in [-0.4, -0.2) is 0 Å². The van der Waals surface area contributed by atoms with E-state index >= 15 is 0 Å². The van der Waals surface area contributed by atoms with E-state index in [1.807, 2.05) is 6.07 Å². The fourth-order valence-corrected chi connectivity index (χ4v) is 9.11. The first-order valence-corrected chi connectivity index (χ1v) is 19.1. The summed E-state index contributed by atoms with van der Waals surface area (Å²) < 4.78 is 6.64. The number of anilines is 3. The van der Waals surface area contributed by atoms with Crippen LogP contribution in [0.2, 0.25) is 0 Å². The van der Waals surface area contributed by atoms with Gasteiger partial charge in [0, 0.05) is 38.7 Å².